The standard InChI is InChI=1S/C13H14BrClFNO3S/c14-12-10(6-8(16)7-11(12)21(15,19)20)13(18)17-9-4-2-1-3-5-9/h6-7,9H,1-5H2,(H,17,18). The van der Waals surface area contributed by atoms with Crippen LogP contribution in [0.1, 0.15) is 42.5 Å². The maximum Gasteiger partial charge on any atom is 0.262 e. The number of carbonyl (C=O) groups excluding carboxylic acids is 1. The molecule has 0 bridgehead atoms. The van der Waals surface area contributed by atoms with Crippen molar-refractivity contribution >= 4 is 41.6 Å². The Morgan fingerprint density at radius 1 is 1.29 bits per heavy atom. The first kappa shape index (κ1) is 16.7. The minimum atomic E-state index is -4.14. The summed E-state index contributed by atoms with van der Waals surface area (Å²) in [5, 5.41) is 2.81. The zero-order chi connectivity index (χ0) is 15.6. The molecule has 1 aliphatic rings. The average molecular weight is 399 g/mol. The van der Waals surface area contributed by atoms with Crippen LogP contribution < -0.4 is 5.32 Å². The fourth-order valence-corrected chi connectivity index (χ4v) is 4.69. The summed E-state index contributed by atoms with van der Waals surface area (Å²) >= 11 is 3.03. The maximum absolute atomic E-state index is 13.6. The van der Waals surface area contributed by atoms with Crippen LogP contribution in [0.5, 0.6) is 0 Å². The molecule has 0 unspecified atom stereocenters. The fraction of sp³-hybridized carbons (Fsp3) is 0.462. The lowest BCUT2D eigenvalue weighted by Gasteiger charge is -2.23. The lowest BCUT2D eigenvalue weighted by molar-refractivity contribution is 0.0926. The zero-order valence-corrected chi connectivity index (χ0v) is 14.2. The Bertz CT molecular complexity index is 660. The van der Waals surface area contributed by atoms with Gasteiger partial charge in [0.05, 0.1) is 10.0 Å². The minimum Gasteiger partial charge on any atom is -0.349 e. The van der Waals surface area contributed by atoms with Crippen LogP contribution in [0.3, 0.4) is 0 Å². The third-order valence-corrected chi connectivity index (χ3v) is 5.91. The van der Waals surface area contributed by atoms with Gasteiger partial charge in [0, 0.05) is 16.7 Å². The molecule has 21 heavy (non-hydrogen) atoms. The van der Waals surface area contributed by atoms with Crippen molar-refractivity contribution in [1.29, 1.82) is 0 Å². The van der Waals surface area contributed by atoms with E-state index in [9.17, 15) is 17.6 Å². The van der Waals surface area contributed by atoms with Crippen LogP contribution in [0, 0.1) is 5.82 Å². The van der Waals surface area contributed by atoms with Gasteiger partial charge in [-0.1, -0.05) is 19.3 Å². The highest BCUT2D eigenvalue weighted by Gasteiger charge is 2.24. The largest absolute Gasteiger partial charge is 0.349 e. The van der Waals surface area contributed by atoms with E-state index in [2.05, 4.69) is 21.2 Å². The van der Waals surface area contributed by atoms with E-state index in [4.69, 9.17) is 10.7 Å². The van der Waals surface area contributed by atoms with Crippen LogP contribution in [0.15, 0.2) is 21.5 Å². The molecule has 116 valence electrons. The molecule has 1 saturated carbocycles. The Labute approximate surface area is 135 Å². The minimum absolute atomic E-state index is 0.0211. The Morgan fingerprint density at radius 2 is 1.90 bits per heavy atom. The molecular weight excluding hydrogens is 385 g/mol. The molecule has 4 nitrogen and oxygen atoms in total. The molecule has 1 aromatic rings. The highest BCUT2D eigenvalue weighted by Crippen LogP contribution is 2.30. The molecule has 2 rings (SSSR count). The summed E-state index contributed by atoms with van der Waals surface area (Å²) < 4.78 is 36.3. The predicted octanol–water partition coefficient (Wildman–Crippen LogP) is 3.58. The molecule has 1 amide bonds. The van der Waals surface area contributed by atoms with Gasteiger partial charge in [-0.25, -0.2) is 12.8 Å². The number of nitrogens with one attached hydrogen (secondary N) is 1. The van der Waals surface area contributed by atoms with Crippen LogP contribution in [0.2, 0.25) is 0 Å². The Hall–Kier alpha value is -0.660. The molecule has 1 aromatic carbocycles. The van der Waals surface area contributed by atoms with Gasteiger partial charge in [-0.15, -0.1) is 0 Å². The third kappa shape index (κ3) is 4.17. The fourth-order valence-electron chi connectivity index (χ4n) is 2.42. The highest BCUT2D eigenvalue weighted by atomic mass is 79.9. The van der Waals surface area contributed by atoms with Gasteiger partial charge in [-0.05, 0) is 40.9 Å². The molecule has 0 aliphatic heterocycles. The summed E-state index contributed by atoms with van der Waals surface area (Å²) in [6.45, 7) is 0. The molecule has 0 heterocycles. The second-order valence-electron chi connectivity index (χ2n) is 5.01. The number of carbonyl (C=O) groups is 1. The van der Waals surface area contributed by atoms with E-state index in [1.807, 2.05) is 0 Å². The molecular formula is C13H14BrClFNO3S. The van der Waals surface area contributed by atoms with Crippen LogP contribution in [-0.2, 0) is 9.05 Å². The van der Waals surface area contributed by atoms with E-state index in [0.717, 1.165) is 44.2 Å². The predicted molar refractivity (Wildman–Crippen MR) is 81.5 cm³/mol. The number of hydrogen-bond donors (Lipinski definition) is 1. The average Bonchev–Trinajstić information content (AvgIpc) is 2.40. The van der Waals surface area contributed by atoms with Gasteiger partial charge in [0.25, 0.3) is 15.0 Å². The van der Waals surface area contributed by atoms with E-state index in [1.165, 1.54) is 0 Å². The molecule has 0 spiro atoms. The molecule has 0 saturated heterocycles. The SMILES string of the molecule is O=C(NC1CCCCC1)c1cc(F)cc(S(=O)(=O)Cl)c1Br. The summed E-state index contributed by atoms with van der Waals surface area (Å²) in [6, 6.07) is 1.81. The van der Waals surface area contributed by atoms with Crippen molar-refractivity contribution in [2.75, 3.05) is 0 Å². The van der Waals surface area contributed by atoms with Crippen LogP contribution in [0.25, 0.3) is 0 Å². The summed E-state index contributed by atoms with van der Waals surface area (Å²) in [6.07, 6.45) is 4.97. The summed E-state index contributed by atoms with van der Waals surface area (Å²) in [7, 11) is 1.11. The number of halogens is 3. The Kier molecular flexibility index (Phi) is 5.27. The van der Waals surface area contributed by atoms with Gasteiger partial charge in [0.1, 0.15) is 10.7 Å². The van der Waals surface area contributed by atoms with Crippen molar-refractivity contribution in [3.63, 3.8) is 0 Å². The van der Waals surface area contributed by atoms with Gasteiger partial charge in [-0.2, -0.15) is 0 Å². The van der Waals surface area contributed by atoms with E-state index in [1.54, 1.807) is 0 Å². The summed E-state index contributed by atoms with van der Waals surface area (Å²) in [4.78, 5) is 11.8. The number of benzene rings is 1. The van der Waals surface area contributed by atoms with Gasteiger partial charge in [-0.3, -0.25) is 4.79 Å². The van der Waals surface area contributed by atoms with Crippen molar-refractivity contribution in [3.8, 4) is 0 Å². The van der Waals surface area contributed by atoms with Gasteiger partial charge in [0.15, 0.2) is 0 Å². The van der Waals surface area contributed by atoms with Crippen molar-refractivity contribution in [1.82, 2.24) is 5.32 Å². The monoisotopic (exact) mass is 397 g/mol. The van der Waals surface area contributed by atoms with Crippen molar-refractivity contribution < 1.29 is 17.6 Å². The van der Waals surface area contributed by atoms with Gasteiger partial charge in [0.2, 0.25) is 0 Å². The van der Waals surface area contributed by atoms with E-state index in [-0.39, 0.29) is 16.1 Å². The van der Waals surface area contributed by atoms with Crippen molar-refractivity contribution in [3.05, 3.63) is 28.0 Å². The molecule has 8 heteroatoms. The Morgan fingerprint density at radius 3 is 2.48 bits per heavy atom. The Balaban J connectivity index is 2.30. The lowest BCUT2D eigenvalue weighted by atomic mass is 9.95. The molecule has 0 aromatic heterocycles. The van der Waals surface area contributed by atoms with E-state index >= 15 is 0 Å². The van der Waals surface area contributed by atoms with Crippen molar-refractivity contribution in [2.45, 2.75) is 43.0 Å². The second-order valence-corrected chi connectivity index (χ2v) is 8.34. The van der Waals surface area contributed by atoms with E-state index < -0.39 is 25.7 Å². The van der Waals surface area contributed by atoms with E-state index in [0.29, 0.717) is 0 Å². The summed E-state index contributed by atoms with van der Waals surface area (Å²) in [5.41, 5.74) is -0.0696. The molecule has 0 radical (unpaired) electrons. The zero-order valence-electron chi connectivity index (χ0n) is 11.0. The topological polar surface area (TPSA) is 63.2 Å². The van der Waals surface area contributed by atoms with Gasteiger partial charge < -0.3 is 5.32 Å². The lowest BCUT2D eigenvalue weighted by Crippen LogP contribution is -2.36. The van der Waals surface area contributed by atoms with Crippen LogP contribution >= 0.6 is 26.6 Å². The summed E-state index contributed by atoms with van der Waals surface area (Å²) in [5.74, 6) is -1.33. The number of hydrogen-bond acceptors (Lipinski definition) is 3. The normalized spacial score (nSPS) is 16.7. The number of rotatable bonds is 3. The molecule has 1 N–H and O–H groups in total. The first-order valence-corrected chi connectivity index (χ1v) is 9.64. The quantitative estimate of drug-likeness (QED) is 0.792. The number of amides is 1. The van der Waals surface area contributed by atoms with Crippen molar-refractivity contribution in [2.24, 2.45) is 0 Å². The molecule has 1 aliphatic carbocycles. The van der Waals surface area contributed by atoms with Gasteiger partial charge >= 0.3 is 0 Å². The third-order valence-electron chi connectivity index (χ3n) is 3.45. The molecule has 0 atom stereocenters. The highest BCUT2D eigenvalue weighted by molar-refractivity contribution is 9.10. The first-order valence-electron chi connectivity index (χ1n) is 6.53. The maximum atomic E-state index is 13.6. The molecule has 1 fully saturated rings. The second kappa shape index (κ2) is 6.62. The smallest absolute Gasteiger partial charge is 0.262 e. The van der Waals surface area contributed by atoms with Crippen LogP contribution in [-0.4, -0.2) is 20.4 Å². The van der Waals surface area contributed by atoms with Crippen LogP contribution in [0.4, 0.5) is 4.39 Å². The first-order chi connectivity index (χ1) is 9.79.